The standard InChI is InChI=1S/C13H18BrNO5/c1-18-9-6-7(8(15)4-5-10(16)17)12(19-2)11(14)13(9)20-3/h6,8H,4-5,15H2,1-3H3,(H,16,17). The molecule has 0 spiro atoms. The Bertz CT molecular complexity index is 492. The van der Waals surface area contributed by atoms with Gasteiger partial charge in [-0.3, -0.25) is 4.79 Å². The Morgan fingerprint density at radius 2 is 1.90 bits per heavy atom. The van der Waals surface area contributed by atoms with E-state index in [-0.39, 0.29) is 6.42 Å². The van der Waals surface area contributed by atoms with Crippen molar-refractivity contribution < 1.29 is 24.1 Å². The number of methoxy groups -OCH3 is 3. The van der Waals surface area contributed by atoms with Crippen molar-refractivity contribution in [3.05, 3.63) is 16.1 Å². The van der Waals surface area contributed by atoms with Crippen LogP contribution in [0, 0.1) is 0 Å². The van der Waals surface area contributed by atoms with Crippen LogP contribution in [0.5, 0.6) is 17.2 Å². The molecule has 0 aromatic heterocycles. The van der Waals surface area contributed by atoms with Gasteiger partial charge in [0.15, 0.2) is 11.5 Å². The van der Waals surface area contributed by atoms with E-state index in [9.17, 15) is 4.79 Å². The number of aliphatic carboxylic acids is 1. The zero-order valence-corrected chi connectivity index (χ0v) is 13.2. The number of halogens is 1. The van der Waals surface area contributed by atoms with E-state index in [0.29, 0.717) is 33.7 Å². The normalized spacial score (nSPS) is 11.8. The van der Waals surface area contributed by atoms with Gasteiger partial charge in [-0.1, -0.05) is 0 Å². The maximum atomic E-state index is 10.6. The van der Waals surface area contributed by atoms with E-state index in [4.69, 9.17) is 25.1 Å². The van der Waals surface area contributed by atoms with Crippen LogP contribution in [0.15, 0.2) is 10.5 Å². The number of benzene rings is 1. The smallest absolute Gasteiger partial charge is 0.303 e. The van der Waals surface area contributed by atoms with Gasteiger partial charge in [-0.15, -0.1) is 0 Å². The first-order valence-electron chi connectivity index (χ1n) is 5.91. The molecule has 6 nitrogen and oxygen atoms in total. The summed E-state index contributed by atoms with van der Waals surface area (Å²) in [6, 6.07) is 1.23. The second-order valence-corrected chi connectivity index (χ2v) is 4.88. The molecule has 1 aromatic carbocycles. The average Bonchev–Trinajstić information content (AvgIpc) is 2.43. The third-order valence-corrected chi connectivity index (χ3v) is 3.59. The van der Waals surface area contributed by atoms with Crippen molar-refractivity contribution in [3.8, 4) is 17.2 Å². The van der Waals surface area contributed by atoms with Gasteiger partial charge in [0, 0.05) is 18.0 Å². The van der Waals surface area contributed by atoms with Crippen LogP contribution >= 0.6 is 15.9 Å². The largest absolute Gasteiger partial charge is 0.495 e. The maximum Gasteiger partial charge on any atom is 0.303 e. The Labute approximate surface area is 125 Å². The molecule has 0 aliphatic carbocycles. The first kappa shape index (κ1) is 16.6. The molecule has 1 rings (SSSR count). The SMILES string of the molecule is COc1cc(C(N)CCC(=O)O)c(OC)c(Br)c1OC. The zero-order valence-electron chi connectivity index (χ0n) is 11.6. The molecule has 112 valence electrons. The van der Waals surface area contributed by atoms with Gasteiger partial charge in [-0.2, -0.15) is 0 Å². The molecule has 1 aromatic rings. The van der Waals surface area contributed by atoms with Crippen LogP contribution in [0.25, 0.3) is 0 Å². The van der Waals surface area contributed by atoms with Crippen LogP contribution in [0.2, 0.25) is 0 Å². The zero-order chi connectivity index (χ0) is 15.3. The summed E-state index contributed by atoms with van der Waals surface area (Å²) in [6.45, 7) is 0. The number of nitrogens with two attached hydrogens (primary N) is 1. The topological polar surface area (TPSA) is 91.0 Å². The Balaban J connectivity index is 3.23. The third-order valence-electron chi connectivity index (χ3n) is 2.87. The van der Waals surface area contributed by atoms with Gasteiger partial charge in [0.2, 0.25) is 0 Å². The number of ether oxygens (including phenoxy) is 3. The second-order valence-electron chi connectivity index (χ2n) is 4.09. The minimum Gasteiger partial charge on any atom is -0.495 e. The highest BCUT2D eigenvalue weighted by molar-refractivity contribution is 9.10. The van der Waals surface area contributed by atoms with Crippen molar-refractivity contribution in [3.63, 3.8) is 0 Å². The Kier molecular flexibility index (Phi) is 6.09. The van der Waals surface area contributed by atoms with Crippen molar-refractivity contribution in [2.75, 3.05) is 21.3 Å². The molecular formula is C13H18BrNO5. The van der Waals surface area contributed by atoms with Crippen molar-refractivity contribution >= 4 is 21.9 Å². The fraction of sp³-hybridized carbons (Fsp3) is 0.462. The summed E-state index contributed by atoms with van der Waals surface area (Å²) in [6.07, 6.45) is 0.282. The lowest BCUT2D eigenvalue weighted by molar-refractivity contribution is -0.137. The van der Waals surface area contributed by atoms with Crippen molar-refractivity contribution in [1.82, 2.24) is 0 Å². The molecule has 0 aliphatic heterocycles. The fourth-order valence-electron chi connectivity index (χ4n) is 1.87. The molecule has 1 unspecified atom stereocenters. The first-order valence-corrected chi connectivity index (χ1v) is 6.71. The lowest BCUT2D eigenvalue weighted by Crippen LogP contribution is -2.14. The quantitative estimate of drug-likeness (QED) is 0.786. The molecule has 0 fully saturated rings. The van der Waals surface area contributed by atoms with Crippen molar-refractivity contribution in [2.45, 2.75) is 18.9 Å². The van der Waals surface area contributed by atoms with Crippen LogP contribution in [0.1, 0.15) is 24.4 Å². The van der Waals surface area contributed by atoms with Gasteiger partial charge < -0.3 is 25.1 Å². The molecule has 0 radical (unpaired) electrons. The van der Waals surface area contributed by atoms with Crippen molar-refractivity contribution in [1.29, 1.82) is 0 Å². The molecule has 1 atom stereocenters. The molecule has 0 heterocycles. The molecular weight excluding hydrogens is 330 g/mol. The monoisotopic (exact) mass is 347 g/mol. The lowest BCUT2D eigenvalue weighted by atomic mass is 10.0. The lowest BCUT2D eigenvalue weighted by Gasteiger charge is -2.20. The number of carbonyl (C=O) groups is 1. The van der Waals surface area contributed by atoms with Gasteiger partial charge in [0.25, 0.3) is 0 Å². The number of carboxylic acid groups (broad SMARTS) is 1. The van der Waals surface area contributed by atoms with Crippen molar-refractivity contribution in [2.24, 2.45) is 5.73 Å². The van der Waals surface area contributed by atoms with E-state index in [1.807, 2.05) is 0 Å². The minimum atomic E-state index is -0.890. The van der Waals surface area contributed by atoms with E-state index in [1.54, 1.807) is 6.07 Å². The highest BCUT2D eigenvalue weighted by Crippen LogP contribution is 2.46. The molecule has 7 heteroatoms. The third kappa shape index (κ3) is 3.55. The minimum absolute atomic E-state index is 0.0176. The summed E-state index contributed by atoms with van der Waals surface area (Å²) in [5.74, 6) is 0.624. The number of carboxylic acids is 1. The van der Waals surface area contributed by atoms with Crippen LogP contribution in [-0.2, 0) is 4.79 Å². The molecule has 0 amide bonds. The number of hydrogen-bond acceptors (Lipinski definition) is 5. The van der Waals surface area contributed by atoms with Crippen LogP contribution < -0.4 is 19.9 Å². The van der Waals surface area contributed by atoms with Gasteiger partial charge in [-0.05, 0) is 28.4 Å². The van der Waals surface area contributed by atoms with Gasteiger partial charge in [0.05, 0.1) is 21.3 Å². The van der Waals surface area contributed by atoms with Gasteiger partial charge >= 0.3 is 5.97 Å². The van der Waals surface area contributed by atoms with E-state index in [1.165, 1.54) is 21.3 Å². The van der Waals surface area contributed by atoms with Gasteiger partial charge in [-0.25, -0.2) is 0 Å². The number of hydrogen-bond donors (Lipinski definition) is 2. The molecule has 0 saturated carbocycles. The average molecular weight is 348 g/mol. The Hall–Kier alpha value is -1.47. The highest BCUT2D eigenvalue weighted by Gasteiger charge is 2.22. The summed E-state index contributed by atoms with van der Waals surface area (Å²) >= 11 is 3.39. The Morgan fingerprint density at radius 3 is 2.35 bits per heavy atom. The van der Waals surface area contributed by atoms with E-state index < -0.39 is 12.0 Å². The first-order chi connectivity index (χ1) is 9.46. The molecule has 0 bridgehead atoms. The summed E-state index contributed by atoms with van der Waals surface area (Å²) in [4.78, 5) is 10.6. The molecule has 3 N–H and O–H groups in total. The summed E-state index contributed by atoms with van der Waals surface area (Å²) in [7, 11) is 4.55. The van der Waals surface area contributed by atoms with E-state index >= 15 is 0 Å². The van der Waals surface area contributed by atoms with Crippen LogP contribution in [0.3, 0.4) is 0 Å². The highest BCUT2D eigenvalue weighted by atomic mass is 79.9. The summed E-state index contributed by atoms with van der Waals surface area (Å²) in [5, 5.41) is 8.73. The molecule has 0 saturated heterocycles. The molecule has 20 heavy (non-hydrogen) atoms. The summed E-state index contributed by atoms with van der Waals surface area (Å²) in [5.41, 5.74) is 6.71. The number of rotatable bonds is 7. The second kappa shape index (κ2) is 7.35. The van der Waals surface area contributed by atoms with Crippen LogP contribution in [0.4, 0.5) is 0 Å². The Morgan fingerprint density at radius 1 is 1.30 bits per heavy atom. The fourth-order valence-corrected chi connectivity index (χ4v) is 2.62. The van der Waals surface area contributed by atoms with Gasteiger partial charge in [0.1, 0.15) is 10.2 Å². The maximum absolute atomic E-state index is 10.6. The van der Waals surface area contributed by atoms with E-state index in [0.717, 1.165) is 0 Å². The van der Waals surface area contributed by atoms with E-state index in [2.05, 4.69) is 15.9 Å². The molecule has 0 aliphatic rings. The predicted octanol–water partition coefficient (Wildman–Crippen LogP) is 2.34. The summed E-state index contributed by atoms with van der Waals surface area (Å²) < 4.78 is 16.4. The predicted molar refractivity (Wildman–Crippen MR) is 77.6 cm³/mol. The van der Waals surface area contributed by atoms with Crippen LogP contribution in [-0.4, -0.2) is 32.4 Å².